The first kappa shape index (κ1) is 19.9. The van der Waals surface area contributed by atoms with Crippen LogP contribution in [0, 0.1) is 0 Å². The molecule has 0 spiro atoms. The standard InChI is InChI=1S/C18H25N3O5P/c1-11(2)25-18(22)12(3)21-27(23)24-10-13-4-5-16(26-13)14-6-8-19-17-15(14)7-9-20-17/h6-9,11-13,16H,4-5,10H2,1-3H3,(H,19,20)(H,21,23)/q+1. The third kappa shape index (κ3) is 5.11. The van der Waals surface area contributed by atoms with E-state index >= 15 is 0 Å². The number of carbonyl (C=O) groups is 1. The highest BCUT2D eigenvalue weighted by atomic mass is 31.1. The van der Waals surface area contributed by atoms with Crippen molar-refractivity contribution in [3.8, 4) is 0 Å². The lowest BCUT2D eigenvalue weighted by Gasteiger charge is -2.13. The molecule has 146 valence electrons. The molecule has 2 N–H and O–H groups in total. The highest BCUT2D eigenvalue weighted by molar-refractivity contribution is 7.36. The average molecular weight is 394 g/mol. The van der Waals surface area contributed by atoms with Gasteiger partial charge < -0.3 is 14.5 Å². The average Bonchev–Trinajstić information content (AvgIpc) is 3.28. The number of nitrogens with one attached hydrogen (secondary N) is 2. The van der Waals surface area contributed by atoms with E-state index in [0.717, 1.165) is 29.4 Å². The molecule has 0 aromatic carbocycles. The van der Waals surface area contributed by atoms with Crippen molar-refractivity contribution in [2.24, 2.45) is 0 Å². The van der Waals surface area contributed by atoms with Crippen LogP contribution in [0.15, 0.2) is 24.5 Å². The molecule has 1 aliphatic rings. The van der Waals surface area contributed by atoms with Gasteiger partial charge in [0.1, 0.15) is 18.3 Å². The maximum atomic E-state index is 12.0. The number of H-pyrrole nitrogens is 1. The van der Waals surface area contributed by atoms with Gasteiger partial charge in [-0.05, 0) is 55.9 Å². The summed E-state index contributed by atoms with van der Waals surface area (Å²) in [6.07, 6.45) is 4.90. The molecule has 8 nitrogen and oxygen atoms in total. The van der Waals surface area contributed by atoms with Gasteiger partial charge in [0.25, 0.3) is 0 Å². The highest BCUT2D eigenvalue weighted by Crippen LogP contribution is 2.36. The summed E-state index contributed by atoms with van der Waals surface area (Å²) in [6.45, 7) is 5.32. The molecule has 0 amide bonds. The monoisotopic (exact) mass is 394 g/mol. The van der Waals surface area contributed by atoms with Crippen LogP contribution in [-0.2, 0) is 23.4 Å². The van der Waals surface area contributed by atoms with Crippen LogP contribution in [0.3, 0.4) is 0 Å². The van der Waals surface area contributed by atoms with Crippen LogP contribution in [0.25, 0.3) is 11.0 Å². The number of fused-ring (bicyclic) bond motifs is 1. The van der Waals surface area contributed by atoms with E-state index in [9.17, 15) is 9.36 Å². The second-order valence-corrected chi connectivity index (χ2v) is 7.88. The lowest BCUT2D eigenvalue weighted by Crippen LogP contribution is -2.33. The lowest BCUT2D eigenvalue weighted by molar-refractivity contribution is -0.149. The molecule has 4 unspecified atom stereocenters. The summed E-state index contributed by atoms with van der Waals surface area (Å²) in [5.41, 5.74) is 1.93. The maximum absolute atomic E-state index is 12.0. The van der Waals surface area contributed by atoms with Crippen LogP contribution in [0.2, 0.25) is 0 Å². The summed E-state index contributed by atoms with van der Waals surface area (Å²) < 4.78 is 28.5. The predicted molar refractivity (Wildman–Crippen MR) is 100 cm³/mol. The fourth-order valence-corrected chi connectivity index (χ4v) is 3.85. The SMILES string of the molecule is CC(C)OC(=O)C(C)N[P+](=O)OCC1CCC(c2ccnc3[nH]ccc23)O1. The van der Waals surface area contributed by atoms with Gasteiger partial charge in [0.15, 0.2) is 0 Å². The Morgan fingerprint density at radius 1 is 1.41 bits per heavy atom. The van der Waals surface area contributed by atoms with Crippen LogP contribution < -0.4 is 5.09 Å². The largest absolute Gasteiger partial charge is 0.613 e. The maximum Gasteiger partial charge on any atom is 0.613 e. The van der Waals surface area contributed by atoms with Crippen LogP contribution >= 0.6 is 8.18 Å². The Morgan fingerprint density at radius 2 is 2.22 bits per heavy atom. The number of hydrogen-bond acceptors (Lipinski definition) is 6. The van der Waals surface area contributed by atoms with Gasteiger partial charge in [0.05, 0.1) is 18.3 Å². The van der Waals surface area contributed by atoms with E-state index in [0.29, 0.717) is 0 Å². The zero-order valence-corrected chi connectivity index (χ0v) is 16.6. The number of pyridine rings is 1. The predicted octanol–water partition coefficient (Wildman–Crippen LogP) is 3.39. The number of hydrogen-bond donors (Lipinski definition) is 2. The first-order chi connectivity index (χ1) is 12.9. The minimum absolute atomic E-state index is 0.0364. The molecule has 27 heavy (non-hydrogen) atoms. The van der Waals surface area contributed by atoms with Crippen LogP contribution in [0.4, 0.5) is 0 Å². The van der Waals surface area contributed by atoms with Gasteiger partial charge in [0.2, 0.25) is 0 Å². The third-order valence-electron chi connectivity index (χ3n) is 4.33. The van der Waals surface area contributed by atoms with Gasteiger partial charge in [-0.3, -0.25) is 4.79 Å². The number of aromatic amines is 1. The molecule has 0 bridgehead atoms. The van der Waals surface area contributed by atoms with Crippen molar-refractivity contribution in [3.05, 3.63) is 30.1 Å². The second kappa shape index (κ2) is 8.89. The van der Waals surface area contributed by atoms with Gasteiger partial charge in [-0.25, -0.2) is 4.98 Å². The molecule has 2 aromatic heterocycles. The Morgan fingerprint density at radius 3 is 3.00 bits per heavy atom. The summed E-state index contributed by atoms with van der Waals surface area (Å²) >= 11 is 0. The van der Waals surface area contributed by atoms with Gasteiger partial charge in [-0.1, -0.05) is 5.09 Å². The van der Waals surface area contributed by atoms with Gasteiger partial charge in [0, 0.05) is 17.8 Å². The molecule has 0 aliphatic carbocycles. The van der Waals surface area contributed by atoms with Crippen LogP contribution in [0.5, 0.6) is 0 Å². The quantitative estimate of drug-likeness (QED) is 0.523. The Hall–Kier alpha value is -1.86. The number of aromatic nitrogens is 2. The van der Waals surface area contributed by atoms with Crippen molar-refractivity contribution in [2.75, 3.05) is 6.61 Å². The molecule has 3 heterocycles. The Balaban J connectivity index is 1.47. The van der Waals surface area contributed by atoms with E-state index in [1.165, 1.54) is 0 Å². The molecule has 1 saturated heterocycles. The topological polar surface area (TPSA) is 103 Å². The molecule has 4 atom stereocenters. The molecule has 2 aromatic rings. The summed E-state index contributed by atoms with van der Waals surface area (Å²) in [7, 11) is -2.18. The number of carbonyl (C=O) groups excluding carboxylic acids is 1. The van der Waals surface area contributed by atoms with E-state index in [4.69, 9.17) is 14.0 Å². The first-order valence-electron chi connectivity index (χ1n) is 9.08. The molecular weight excluding hydrogens is 369 g/mol. The summed E-state index contributed by atoms with van der Waals surface area (Å²) in [6, 6.07) is 3.25. The molecule has 0 radical (unpaired) electrons. The minimum Gasteiger partial charge on any atom is -0.462 e. The van der Waals surface area contributed by atoms with E-state index in [1.807, 2.05) is 18.3 Å². The van der Waals surface area contributed by atoms with Crippen molar-refractivity contribution in [3.63, 3.8) is 0 Å². The molecule has 9 heteroatoms. The van der Waals surface area contributed by atoms with Crippen LogP contribution in [0.1, 0.15) is 45.3 Å². The number of nitrogens with zero attached hydrogens (tertiary/aromatic N) is 1. The third-order valence-corrected chi connectivity index (χ3v) is 5.31. The van der Waals surface area contributed by atoms with Gasteiger partial charge in [-0.2, -0.15) is 0 Å². The van der Waals surface area contributed by atoms with Crippen molar-refractivity contribution >= 4 is 25.2 Å². The zero-order valence-electron chi connectivity index (χ0n) is 15.7. The Kier molecular flexibility index (Phi) is 6.55. The lowest BCUT2D eigenvalue weighted by atomic mass is 10.0. The first-order valence-corrected chi connectivity index (χ1v) is 10.3. The van der Waals surface area contributed by atoms with Crippen molar-refractivity contribution in [1.29, 1.82) is 0 Å². The molecule has 1 fully saturated rings. The number of ether oxygens (including phenoxy) is 2. The van der Waals surface area contributed by atoms with E-state index in [-0.39, 0.29) is 24.9 Å². The smallest absolute Gasteiger partial charge is 0.462 e. The second-order valence-electron chi connectivity index (χ2n) is 6.85. The van der Waals surface area contributed by atoms with Crippen molar-refractivity contribution in [1.82, 2.24) is 15.1 Å². The summed E-state index contributed by atoms with van der Waals surface area (Å²) in [5, 5.41) is 3.67. The van der Waals surface area contributed by atoms with Crippen LogP contribution in [-0.4, -0.2) is 40.8 Å². The van der Waals surface area contributed by atoms with Gasteiger partial charge >= 0.3 is 14.1 Å². The Labute approximate surface area is 158 Å². The zero-order chi connectivity index (χ0) is 19.4. The fraction of sp³-hybridized carbons (Fsp3) is 0.556. The van der Waals surface area contributed by atoms with Crippen molar-refractivity contribution < 1.29 is 23.4 Å². The highest BCUT2D eigenvalue weighted by Gasteiger charge is 2.33. The van der Waals surface area contributed by atoms with Gasteiger partial charge in [-0.15, -0.1) is 4.52 Å². The van der Waals surface area contributed by atoms with E-state index in [2.05, 4.69) is 15.1 Å². The van der Waals surface area contributed by atoms with Crippen molar-refractivity contribution in [2.45, 2.75) is 58.0 Å². The van der Waals surface area contributed by atoms with E-state index < -0.39 is 20.2 Å². The molecule has 1 aliphatic heterocycles. The summed E-state index contributed by atoms with van der Waals surface area (Å²) in [5.74, 6) is -0.456. The Bertz CT molecular complexity index is 809. The minimum atomic E-state index is -2.18. The molecule has 3 rings (SSSR count). The van der Waals surface area contributed by atoms with E-state index in [1.54, 1.807) is 27.0 Å². The normalized spacial score (nSPS) is 21.6. The summed E-state index contributed by atoms with van der Waals surface area (Å²) in [4.78, 5) is 19.1. The fourth-order valence-electron chi connectivity index (χ4n) is 3.05. The number of rotatable bonds is 8. The molecular formula is C18H25N3O5P+. The number of esters is 1. The molecule has 0 saturated carbocycles.